The van der Waals surface area contributed by atoms with Crippen LogP contribution in [0.1, 0.15) is 27.8 Å². The van der Waals surface area contributed by atoms with Crippen molar-refractivity contribution in [2.45, 2.75) is 0 Å². The van der Waals surface area contributed by atoms with Crippen molar-refractivity contribution in [3.8, 4) is 11.5 Å². The third-order valence-corrected chi connectivity index (χ3v) is 5.53. The van der Waals surface area contributed by atoms with E-state index in [2.05, 4.69) is 0 Å². The zero-order chi connectivity index (χ0) is 21.2. The standard InChI is InChI=1S/C24H14F4O2/c1-29-12-5-3-11(4-6-12)18-15-9-13(30-2)7-8-14(15)16-10-17-20(19(16)18)22(26)24(28)23(27)21(17)25/h3-10H,1-2H3. The fourth-order valence-electron chi connectivity index (χ4n) is 4.14. The van der Waals surface area contributed by atoms with Crippen LogP contribution in [-0.2, 0) is 0 Å². The number of methoxy groups -OCH3 is 2. The third kappa shape index (κ3) is 2.36. The van der Waals surface area contributed by atoms with E-state index < -0.39 is 23.3 Å². The number of ether oxygens (including phenoxy) is 2. The predicted molar refractivity (Wildman–Crippen MR) is 106 cm³/mol. The first-order valence-corrected chi connectivity index (χ1v) is 9.12. The Morgan fingerprint density at radius 3 is 1.93 bits per heavy atom. The lowest BCUT2D eigenvalue weighted by atomic mass is 9.93. The predicted octanol–water partition coefficient (Wildman–Crippen LogP) is 6.09. The number of fused-ring (bicyclic) bond motifs is 5. The van der Waals surface area contributed by atoms with E-state index in [-0.39, 0.29) is 11.1 Å². The van der Waals surface area contributed by atoms with Gasteiger partial charge in [0.15, 0.2) is 23.3 Å². The van der Waals surface area contributed by atoms with E-state index in [1.165, 1.54) is 20.3 Å². The van der Waals surface area contributed by atoms with Gasteiger partial charge in [0.1, 0.15) is 11.5 Å². The molecule has 30 heavy (non-hydrogen) atoms. The van der Waals surface area contributed by atoms with Gasteiger partial charge in [-0.15, -0.1) is 0 Å². The summed E-state index contributed by atoms with van der Waals surface area (Å²) in [5.74, 6) is -5.24. The van der Waals surface area contributed by atoms with E-state index in [1.54, 1.807) is 42.5 Å². The summed E-state index contributed by atoms with van der Waals surface area (Å²) in [4.78, 5) is 0. The molecule has 0 N–H and O–H groups in total. The normalized spacial score (nSPS) is 13.7. The van der Waals surface area contributed by atoms with Crippen molar-refractivity contribution in [1.29, 1.82) is 0 Å². The van der Waals surface area contributed by atoms with Crippen molar-refractivity contribution in [2.75, 3.05) is 14.2 Å². The van der Waals surface area contributed by atoms with Gasteiger partial charge >= 0.3 is 0 Å². The summed E-state index contributed by atoms with van der Waals surface area (Å²) in [6.07, 6.45) is 1.37. The summed E-state index contributed by atoms with van der Waals surface area (Å²) < 4.78 is 67.8. The maximum Gasteiger partial charge on any atom is 0.198 e. The molecule has 2 nitrogen and oxygen atoms in total. The highest BCUT2D eigenvalue weighted by Gasteiger charge is 2.38. The molecule has 0 unspecified atom stereocenters. The van der Waals surface area contributed by atoms with Crippen LogP contribution < -0.4 is 9.47 Å². The second kappa shape index (κ2) is 6.49. The molecular formula is C24H14F4O2. The molecule has 0 saturated carbocycles. The van der Waals surface area contributed by atoms with E-state index in [0.29, 0.717) is 39.3 Å². The number of benzene rings is 3. The second-order valence-corrected chi connectivity index (χ2v) is 6.99. The molecule has 0 aliphatic heterocycles. The van der Waals surface area contributed by atoms with Gasteiger partial charge in [0.2, 0.25) is 0 Å². The van der Waals surface area contributed by atoms with E-state index in [1.807, 2.05) is 0 Å². The van der Waals surface area contributed by atoms with Crippen LogP contribution >= 0.6 is 0 Å². The van der Waals surface area contributed by atoms with Gasteiger partial charge < -0.3 is 9.47 Å². The van der Waals surface area contributed by atoms with E-state index >= 15 is 0 Å². The SMILES string of the molecule is COc1ccc(C2=C3C(=Cc4c(F)c(F)c(F)c(F)c43)c3ccc(OC)cc32)cc1. The lowest BCUT2D eigenvalue weighted by Crippen LogP contribution is -2.03. The molecule has 0 atom stereocenters. The first kappa shape index (κ1) is 18.5. The minimum atomic E-state index is -1.82. The molecule has 0 bridgehead atoms. The Labute approximate surface area is 169 Å². The van der Waals surface area contributed by atoms with Gasteiger partial charge in [0.05, 0.1) is 14.2 Å². The molecule has 2 aliphatic rings. The lowest BCUT2D eigenvalue weighted by Gasteiger charge is -2.13. The van der Waals surface area contributed by atoms with E-state index in [4.69, 9.17) is 9.47 Å². The monoisotopic (exact) mass is 410 g/mol. The molecule has 6 heteroatoms. The summed E-state index contributed by atoms with van der Waals surface area (Å²) in [6, 6.07) is 12.3. The van der Waals surface area contributed by atoms with Crippen LogP contribution in [0.5, 0.6) is 11.5 Å². The second-order valence-electron chi connectivity index (χ2n) is 6.99. The highest BCUT2D eigenvalue weighted by Crippen LogP contribution is 2.56. The van der Waals surface area contributed by atoms with Crippen LogP contribution in [0.15, 0.2) is 42.5 Å². The molecular weight excluding hydrogens is 396 g/mol. The number of rotatable bonds is 3. The van der Waals surface area contributed by atoms with Crippen molar-refractivity contribution in [3.63, 3.8) is 0 Å². The van der Waals surface area contributed by atoms with Crippen molar-refractivity contribution < 1.29 is 27.0 Å². The topological polar surface area (TPSA) is 18.5 Å². The van der Waals surface area contributed by atoms with Gasteiger partial charge in [-0.3, -0.25) is 0 Å². The molecule has 3 aromatic carbocycles. The van der Waals surface area contributed by atoms with Crippen LogP contribution in [0.25, 0.3) is 22.8 Å². The highest BCUT2D eigenvalue weighted by molar-refractivity contribution is 6.31. The maximum absolute atomic E-state index is 14.9. The highest BCUT2D eigenvalue weighted by atomic mass is 19.2. The van der Waals surface area contributed by atoms with Crippen LogP contribution in [0.2, 0.25) is 0 Å². The Hall–Kier alpha value is -3.54. The van der Waals surface area contributed by atoms with Gasteiger partial charge in [-0.25, -0.2) is 17.6 Å². The molecule has 3 aromatic rings. The van der Waals surface area contributed by atoms with Gasteiger partial charge in [-0.05, 0) is 58.2 Å². The molecule has 5 rings (SSSR count). The van der Waals surface area contributed by atoms with Gasteiger partial charge in [0.25, 0.3) is 0 Å². The Morgan fingerprint density at radius 1 is 0.633 bits per heavy atom. The molecule has 0 spiro atoms. The quantitative estimate of drug-likeness (QED) is 0.296. The lowest BCUT2D eigenvalue weighted by molar-refractivity contribution is 0.407. The summed E-state index contributed by atoms with van der Waals surface area (Å²) >= 11 is 0. The first-order chi connectivity index (χ1) is 14.5. The van der Waals surface area contributed by atoms with Crippen molar-refractivity contribution in [2.24, 2.45) is 0 Å². The Balaban J connectivity index is 1.87. The van der Waals surface area contributed by atoms with Crippen LogP contribution in [0.4, 0.5) is 17.6 Å². The minimum Gasteiger partial charge on any atom is -0.497 e. The number of hydrogen-bond donors (Lipinski definition) is 0. The molecule has 0 fully saturated rings. The largest absolute Gasteiger partial charge is 0.497 e. The summed E-state index contributed by atoms with van der Waals surface area (Å²) in [6.45, 7) is 0. The smallest absolute Gasteiger partial charge is 0.198 e. The zero-order valence-electron chi connectivity index (χ0n) is 15.9. The molecule has 150 valence electrons. The molecule has 0 amide bonds. The third-order valence-electron chi connectivity index (χ3n) is 5.53. The van der Waals surface area contributed by atoms with Crippen LogP contribution in [-0.4, -0.2) is 14.2 Å². The fourth-order valence-corrected chi connectivity index (χ4v) is 4.14. The molecule has 0 radical (unpaired) electrons. The van der Waals surface area contributed by atoms with E-state index in [0.717, 1.165) is 5.56 Å². The summed E-state index contributed by atoms with van der Waals surface area (Å²) in [5.41, 5.74) is 2.99. The van der Waals surface area contributed by atoms with Crippen molar-refractivity contribution in [1.82, 2.24) is 0 Å². The minimum absolute atomic E-state index is 0.276. The molecule has 0 saturated heterocycles. The maximum atomic E-state index is 14.9. The average Bonchev–Trinajstić information content (AvgIpc) is 3.30. The Morgan fingerprint density at radius 2 is 1.27 bits per heavy atom. The van der Waals surface area contributed by atoms with Crippen molar-refractivity contribution >= 4 is 22.8 Å². The number of allylic oxidation sites excluding steroid dienone is 2. The average molecular weight is 410 g/mol. The molecule has 0 aromatic heterocycles. The zero-order valence-corrected chi connectivity index (χ0v) is 15.9. The van der Waals surface area contributed by atoms with Gasteiger partial charge in [-0.2, -0.15) is 0 Å². The van der Waals surface area contributed by atoms with Crippen molar-refractivity contribution in [3.05, 3.63) is 93.6 Å². The van der Waals surface area contributed by atoms with Crippen LogP contribution in [0, 0.1) is 23.3 Å². The van der Waals surface area contributed by atoms with Gasteiger partial charge in [0, 0.05) is 16.7 Å². The summed E-state index contributed by atoms with van der Waals surface area (Å²) in [7, 11) is 3.07. The number of halogens is 4. The summed E-state index contributed by atoms with van der Waals surface area (Å²) in [5, 5.41) is 0. The molecule has 2 aliphatic carbocycles. The number of hydrogen-bond acceptors (Lipinski definition) is 2. The van der Waals surface area contributed by atoms with E-state index in [9.17, 15) is 17.6 Å². The molecule has 0 heterocycles. The Bertz CT molecular complexity index is 1290. The fraction of sp³-hybridized carbons (Fsp3) is 0.0833. The van der Waals surface area contributed by atoms with Gasteiger partial charge in [-0.1, -0.05) is 18.2 Å². The Kier molecular flexibility index (Phi) is 4.00. The first-order valence-electron chi connectivity index (χ1n) is 9.12. The van der Waals surface area contributed by atoms with Crippen LogP contribution in [0.3, 0.4) is 0 Å².